The second-order valence-corrected chi connectivity index (χ2v) is 6.70. The number of ether oxygens (including phenoxy) is 1. The highest BCUT2D eigenvalue weighted by molar-refractivity contribution is 9.10. The van der Waals surface area contributed by atoms with E-state index in [2.05, 4.69) is 20.9 Å². The van der Waals surface area contributed by atoms with E-state index in [1.54, 1.807) is 12.1 Å². The predicted molar refractivity (Wildman–Crippen MR) is 84.9 cm³/mol. The summed E-state index contributed by atoms with van der Waals surface area (Å²) in [5.74, 6) is 0. The SMILES string of the molecule is OC[C@H]1O[C@@H](O)[C@H](O)[C@](O)(c2cc3c(Cl)c(Br)ccc3[nH]2)[C@H]1O. The number of hydrogen-bond acceptors (Lipinski definition) is 6. The summed E-state index contributed by atoms with van der Waals surface area (Å²) in [4.78, 5) is 2.88. The number of fused-ring (bicyclic) bond motifs is 1. The molecule has 126 valence electrons. The molecule has 0 bridgehead atoms. The molecule has 1 aliphatic heterocycles. The van der Waals surface area contributed by atoms with Crippen LogP contribution in [0.15, 0.2) is 22.7 Å². The number of aromatic nitrogens is 1. The fraction of sp³-hybridized carbons (Fsp3) is 0.429. The van der Waals surface area contributed by atoms with Crippen LogP contribution in [-0.4, -0.2) is 61.7 Å². The van der Waals surface area contributed by atoms with Gasteiger partial charge in [-0.1, -0.05) is 11.6 Å². The Kier molecular flexibility index (Phi) is 4.45. The smallest absolute Gasteiger partial charge is 0.184 e. The fourth-order valence-corrected chi connectivity index (χ4v) is 3.39. The molecule has 2 aromatic rings. The minimum atomic E-state index is -2.26. The molecule has 2 heterocycles. The van der Waals surface area contributed by atoms with Gasteiger partial charge in [-0.25, -0.2) is 0 Å². The first-order valence-corrected chi connectivity index (χ1v) is 7.98. The van der Waals surface area contributed by atoms with Gasteiger partial charge in [0.2, 0.25) is 0 Å². The van der Waals surface area contributed by atoms with Gasteiger partial charge in [0.1, 0.15) is 18.3 Å². The van der Waals surface area contributed by atoms with E-state index in [-0.39, 0.29) is 5.69 Å². The molecule has 6 N–H and O–H groups in total. The molecule has 1 aromatic heterocycles. The average Bonchev–Trinajstić information content (AvgIpc) is 2.98. The Morgan fingerprint density at radius 1 is 1.26 bits per heavy atom. The fourth-order valence-electron chi connectivity index (χ4n) is 2.82. The molecule has 5 atom stereocenters. The zero-order valence-electron chi connectivity index (χ0n) is 11.6. The maximum atomic E-state index is 10.9. The van der Waals surface area contributed by atoms with E-state index in [1.807, 2.05) is 0 Å². The highest BCUT2D eigenvalue weighted by Gasteiger charge is 2.56. The monoisotopic (exact) mass is 407 g/mol. The molecule has 7 nitrogen and oxygen atoms in total. The lowest BCUT2D eigenvalue weighted by Gasteiger charge is -2.45. The van der Waals surface area contributed by atoms with Gasteiger partial charge in [-0.15, -0.1) is 0 Å². The van der Waals surface area contributed by atoms with Crippen molar-refractivity contribution in [2.24, 2.45) is 0 Å². The normalized spacial score (nSPS) is 34.9. The predicted octanol–water partition coefficient (Wildman–Crippen LogP) is 0.203. The summed E-state index contributed by atoms with van der Waals surface area (Å²) in [5.41, 5.74) is -1.64. The molecule has 0 radical (unpaired) electrons. The van der Waals surface area contributed by atoms with E-state index in [9.17, 15) is 25.5 Å². The van der Waals surface area contributed by atoms with Crippen molar-refractivity contribution in [2.75, 3.05) is 6.61 Å². The summed E-state index contributed by atoms with van der Waals surface area (Å²) in [6.07, 6.45) is -6.52. The highest BCUT2D eigenvalue weighted by Crippen LogP contribution is 2.40. The van der Waals surface area contributed by atoms with Crippen LogP contribution in [0.3, 0.4) is 0 Å². The van der Waals surface area contributed by atoms with Gasteiger partial charge < -0.3 is 35.3 Å². The third-order valence-electron chi connectivity index (χ3n) is 4.14. The maximum absolute atomic E-state index is 10.9. The molecule has 1 aromatic carbocycles. The Bertz CT molecular complexity index is 739. The molecule has 9 heteroatoms. The summed E-state index contributed by atoms with van der Waals surface area (Å²) in [7, 11) is 0. The number of H-pyrrole nitrogens is 1. The Hall–Kier alpha value is -0.710. The second kappa shape index (κ2) is 5.98. The number of halogens is 2. The van der Waals surface area contributed by atoms with E-state index in [4.69, 9.17) is 16.3 Å². The first-order chi connectivity index (χ1) is 10.8. The maximum Gasteiger partial charge on any atom is 0.184 e. The molecule has 1 fully saturated rings. The van der Waals surface area contributed by atoms with E-state index in [0.29, 0.717) is 20.4 Å². The third-order valence-corrected chi connectivity index (χ3v) is 5.44. The Balaban J connectivity index is 2.15. The van der Waals surface area contributed by atoms with Crippen molar-refractivity contribution in [3.05, 3.63) is 33.4 Å². The lowest BCUT2D eigenvalue weighted by Crippen LogP contribution is -2.65. The summed E-state index contributed by atoms with van der Waals surface area (Å²) in [6.45, 7) is -0.639. The van der Waals surface area contributed by atoms with Crippen molar-refractivity contribution in [1.29, 1.82) is 0 Å². The van der Waals surface area contributed by atoms with Crippen molar-refractivity contribution in [2.45, 2.75) is 30.2 Å². The minimum Gasteiger partial charge on any atom is -0.394 e. The second-order valence-electron chi connectivity index (χ2n) is 5.47. The largest absolute Gasteiger partial charge is 0.394 e. The molecule has 23 heavy (non-hydrogen) atoms. The lowest BCUT2D eigenvalue weighted by atomic mass is 9.81. The topological polar surface area (TPSA) is 126 Å². The van der Waals surface area contributed by atoms with E-state index < -0.39 is 36.8 Å². The van der Waals surface area contributed by atoms with Gasteiger partial charge >= 0.3 is 0 Å². The van der Waals surface area contributed by atoms with Crippen molar-refractivity contribution >= 4 is 38.4 Å². The van der Waals surface area contributed by atoms with E-state index in [0.717, 1.165) is 0 Å². The molecule has 0 amide bonds. The molecular formula is C14H15BrClNO6. The Morgan fingerprint density at radius 3 is 2.61 bits per heavy atom. The number of benzene rings is 1. The van der Waals surface area contributed by atoms with Crippen LogP contribution in [-0.2, 0) is 10.3 Å². The van der Waals surface area contributed by atoms with Crippen LogP contribution in [0, 0.1) is 0 Å². The van der Waals surface area contributed by atoms with Crippen LogP contribution in [0.5, 0.6) is 0 Å². The number of aromatic amines is 1. The number of aliphatic hydroxyl groups excluding tert-OH is 4. The number of hydrogen-bond donors (Lipinski definition) is 6. The van der Waals surface area contributed by atoms with Crippen LogP contribution in [0.25, 0.3) is 10.9 Å². The first-order valence-electron chi connectivity index (χ1n) is 6.80. The highest BCUT2D eigenvalue weighted by atomic mass is 79.9. The zero-order chi connectivity index (χ0) is 16.9. The molecule has 3 rings (SSSR count). The standard InChI is InChI=1S/C14H15BrClNO6/c15-6-1-2-7-5(10(6)16)3-9(17-7)14(22)11(19)8(4-18)23-13(21)12(14)20/h1-3,8,11-13,17-22H,4H2/t8-,11+,12+,13-,14+/m1/s1. The molecular weight excluding hydrogens is 394 g/mol. The number of rotatable bonds is 2. The van der Waals surface area contributed by atoms with Gasteiger partial charge in [0, 0.05) is 15.4 Å². The van der Waals surface area contributed by atoms with Gasteiger partial charge in [0.05, 0.1) is 17.3 Å². The zero-order valence-corrected chi connectivity index (χ0v) is 14.0. The molecule has 0 saturated carbocycles. The van der Waals surface area contributed by atoms with Crippen LogP contribution < -0.4 is 0 Å². The molecule has 1 saturated heterocycles. The Labute approximate surface area is 144 Å². The van der Waals surface area contributed by atoms with Crippen molar-refractivity contribution in [3.63, 3.8) is 0 Å². The summed E-state index contributed by atoms with van der Waals surface area (Å²) in [6, 6.07) is 4.88. The van der Waals surface area contributed by atoms with Crippen molar-refractivity contribution in [1.82, 2.24) is 4.98 Å². The lowest BCUT2D eigenvalue weighted by molar-refractivity contribution is -0.327. The van der Waals surface area contributed by atoms with Gasteiger partial charge in [-0.3, -0.25) is 0 Å². The molecule has 0 spiro atoms. The van der Waals surface area contributed by atoms with Crippen LogP contribution in [0.2, 0.25) is 5.02 Å². The van der Waals surface area contributed by atoms with Crippen LogP contribution in [0.4, 0.5) is 0 Å². The molecule has 0 aliphatic carbocycles. The quantitative estimate of drug-likeness (QED) is 0.422. The van der Waals surface area contributed by atoms with Crippen molar-refractivity contribution < 1.29 is 30.3 Å². The average molecular weight is 409 g/mol. The Morgan fingerprint density at radius 2 is 1.96 bits per heavy atom. The minimum absolute atomic E-state index is 0.0494. The van der Waals surface area contributed by atoms with E-state index >= 15 is 0 Å². The third kappa shape index (κ3) is 2.50. The molecule has 1 aliphatic rings. The summed E-state index contributed by atoms with van der Waals surface area (Å²) in [5, 5.41) is 51.3. The van der Waals surface area contributed by atoms with Gasteiger partial charge in [0.15, 0.2) is 11.9 Å². The number of aliphatic hydroxyl groups is 5. The van der Waals surface area contributed by atoms with Crippen molar-refractivity contribution in [3.8, 4) is 0 Å². The van der Waals surface area contributed by atoms with Crippen LogP contribution in [0.1, 0.15) is 5.69 Å². The summed E-state index contributed by atoms with van der Waals surface area (Å²) >= 11 is 9.48. The summed E-state index contributed by atoms with van der Waals surface area (Å²) < 4.78 is 5.54. The number of nitrogens with one attached hydrogen (secondary N) is 1. The van der Waals surface area contributed by atoms with Crippen LogP contribution >= 0.6 is 27.5 Å². The first kappa shape index (κ1) is 17.1. The van der Waals surface area contributed by atoms with Gasteiger partial charge in [-0.2, -0.15) is 0 Å². The molecule has 0 unspecified atom stereocenters. The van der Waals surface area contributed by atoms with E-state index in [1.165, 1.54) is 6.07 Å². The van der Waals surface area contributed by atoms with Gasteiger partial charge in [0.25, 0.3) is 0 Å². The van der Waals surface area contributed by atoms with Gasteiger partial charge in [-0.05, 0) is 34.1 Å².